The number of carbonyl (C=O) groups is 1. The number of hydrogen-bond acceptors (Lipinski definition) is 2. The molecule has 0 spiro atoms. The largest absolute Gasteiger partial charge is 0.371 e. The molecule has 0 atom stereocenters. The molecule has 0 aromatic carbocycles. The van der Waals surface area contributed by atoms with Gasteiger partial charge in [-0.25, -0.2) is 0 Å². The minimum absolute atomic E-state index is 0.700. The van der Waals surface area contributed by atoms with E-state index in [0.717, 1.165) is 25.7 Å². The van der Waals surface area contributed by atoms with Gasteiger partial charge >= 0.3 is 0 Å². The van der Waals surface area contributed by atoms with E-state index in [1.165, 1.54) is 11.3 Å². The Hall–Kier alpha value is -0.570. The zero-order chi connectivity index (χ0) is 8.32. The van der Waals surface area contributed by atoms with E-state index in [-0.39, 0.29) is 0 Å². The van der Waals surface area contributed by atoms with Crippen molar-refractivity contribution in [2.24, 2.45) is 0 Å². The molecule has 64 valence electrons. The Kier molecular flexibility index (Phi) is 2.49. The van der Waals surface area contributed by atoms with E-state index in [1.54, 1.807) is 7.05 Å². The highest BCUT2D eigenvalue weighted by Gasteiger charge is 2.32. The van der Waals surface area contributed by atoms with Gasteiger partial charge in [0.25, 0.3) is 0 Å². The van der Waals surface area contributed by atoms with Crippen molar-refractivity contribution in [2.45, 2.75) is 37.8 Å². The average molecular weight is 157 g/mol. The Balaban J connectivity index is 2.55. The third-order valence-electron chi connectivity index (χ3n) is 2.47. The van der Waals surface area contributed by atoms with Crippen molar-refractivity contribution in [3.63, 3.8) is 0 Å². The fourth-order valence-corrected chi connectivity index (χ4v) is 1.57. The number of aliphatic hydroxyl groups is 1. The van der Waals surface area contributed by atoms with Gasteiger partial charge in [-0.2, -0.15) is 0 Å². The Morgan fingerprint density at radius 3 is 2.36 bits per heavy atom. The van der Waals surface area contributed by atoms with Crippen LogP contribution in [0.5, 0.6) is 0 Å². The zero-order valence-corrected chi connectivity index (χ0v) is 6.92. The first kappa shape index (κ1) is 8.53. The number of rotatable bonds is 2. The maximum atomic E-state index is 10.4. The quantitative estimate of drug-likeness (QED) is 0.474. The topological polar surface area (TPSA) is 40.5 Å². The second-order valence-electron chi connectivity index (χ2n) is 3.26. The molecule has 0 saturated heterocycles. The van der Waals surface area contributed by atoms with Crippen LogP contribution in [0, 0.1) is 0 Å². The molecule has 11 heavy (non-hydrogen) atoms. The molecule has 3 heteroatoms. The molecule has 0 aromatic heterocycles. The molecular weight excluding hydrogens is 142 g/mol. The van der Waals surface area contributed by atoms with Gasteiger partial charge in [0.1, 0.15) is 5.72 Å². The van der Waals surface area contributed by atoms with Gasteiger partial charge in [0.2, 0.25) is 6.41 Å². The molecule has 1 saturated carbocycles. The van der Waals surface area contributed by atoms with Gasteiger partial charge in [0.15, 0.2) is 0 Å². The summed E-state index contributed by atoms with van der Waals surface area (Å²) in [5.41, 5.74) is -0.847. The zero-order valence-electron chi connectivity index (χ0n) is 6.92. The Morgan fingerprint density at radius 1 is 1.36 bits per heavy atom. The molecule has 0 unspecified atom stereocenters. The van der Waals surface area contributed by atoms with E-state index >= 15 is 0 Å². The van der Waals surface area contributed by atoms with Crippen LogP contribution in [0.2, 0.25) is 0 Å². The van der Waals surface area contributed by atoms with Crippen molar-refractivity contribution >= 4 is 6.41 Å². The van der Waals surface area contributed by atoms with Crippen LogP contribution in [-0.2, 0) is 4.79 Å². The van der Waals surface area contributed by atoms with Crippen LogP contribution >= 0.6 is 0 Å². The summed E-state index contributed by atoms with van der Waals surface area (Å²) in [4.78, 5) is 11.8. The highest BCUT2D eigenvalue weighted by atomic mass is 16.3. The molecule has 1 N–H and O–H groups in total. The van der Waals surface area contributed by atoms with Gasteiger partial charge < -0.3 is 10.0 Å². The van der Waals surface area contributed by atoms with Crippen LogP contribution in [0.1, 0.15) is 32.1 Å². The third-order valence-corrected chi connectivity index (χ3v) is 2.47. The predicted octanol–water partition coefficient (Wildman–Crippen LogP) is 0.727. The van der Waals surface area contributed by atoms with Crippen LogP contribution in [0.4, 0.5) is 0 Å². The fourth-order valence-electron chi connectivity index (χ4n) is 1.57. The van der Waals surface area contributed by atoms with Gasteiger partial charge in [-0.15, -0.1) is 0 Å². The molecule has 1 rings (SSSR count). The molecule has 0 radical (unpaired) electrons. The first-order valence-corrected chi connectivity index (χ1v) is 4.10. The lowest BCUT2D eigenvalue weighted by atomic mass is 9.91. The summed E-state index contributed by atoms with van der Waals surface area (Å²) in [5.74, 6) is 0. The van der Waals surface area contributed by atoms with E-state index in [0.29, 0.717) is 6.41 Å². The minimum Gasteiger partial charge on any atom is -0.371 e. The maximum absolute atomic E-state index is 10.4. The second kappa shape index (κ2) is 3.22. The van der Waals surface area contributed by atoms with Crippen molar-refractivity contribution in [1.82, 2.24) is 4.90 Å². The van der Waals surface area contributed by atoms with Crippen molar-refractivity contribution in [3.05, 3.63) is 0 Å². The summed E-state index contributed by atoms with van der Waals surface area (Å²) in [7, 11) is 1.64. The standard InChI is InChI=1S/C8H15NO2/c1-9(7-10)8(11)5-3-2-4-6-8/h7,11H,2-6H2,1H3. The number of carbonyl (C=O) groups excluding carboxylic acids is 1. The SMILES string of the molecule is CN(C=O)C1(O)CCCCC1. The number of nitrogens with zero attached hydrogens (tertiary/aromatic N) is 1. The second-order valence-corrected chi connectivity index (χ2v) is 3.26. The van der Waals surface area contributed by atoms with Gasteiger partial charge in [-0.05, 0) is 25.7 Å². The minimum atomic E-state index is -0.847. The Bertz CT molecular complexity index is 141. The van der Waals surface area contributed by atoms with E-state index in [1.807, 2.05) is 0 Å². The molecule has 0 bridgehead atoms. The summed E-state index contributed by atoms with van der Waals surface area (Å²) in [6.07, 6.45) is 5.37. The van der Waals surface area contributed by atoms with Gasteiger partial charge in [-0.1, -0.05) is 6.42 Å². The van der Waals surface area contributed by atoms with Crippen molar-refractivity contribution in [1.29, 1.82) is 0 Å². The normalized spacial score (nSPS) is 22.7. The summed E-state index contributed by atoms with van der Waals surface area (Å²) in [6.45, 7) is 0. The molecule has 1 aliphatic rings. The smallest absolute Gasteiger partial charge is 0.211 e. The van der Waals surface area contributed by atoms with Crippen LogP contribution in [0.25, 0.3) is 0 Å². The van der Waals surface area contributed by atoms with E-state index in [2.05, 4.69) is 0 Å². The molecule has 0 aromatic rings. The van der Waals surface area contributed by atoms with E-state index in [9.17, 15) is 9.90 Å². The average Bonchev–Trinajstić information content (AvgIpc) is 2.04. The molecule has 1 amide bonds. The summed E-state index contributed by atoms with van der Waals surface area (Å²) in [6, 6.07) is 0. The summed E-state index contributed by atoms with van der Waals surface area (Å²) < 4.78 is 0. The lowest BCUT2D eigenvalue weighted by Crippen LogP contribution is -2.46. The molecule has 1 aliphatic carbocycles. The monoisotopic (exact) mass is 157 g/mol. The first-order valence-electron chi connectivity index (χ1n) is 4.10. The lowest BCUT2D eigenvalue weighted by molar-refractivity contribution is -0.149. The van der Waals surface area contributed by atoms with E-state index in [4.69, 9.17) is 0 Å². The van der Waals surface area contributed by atoms with Gasteiger partial charge in [0, 0.05) is 7.05 Å². The number of amides is 1. The lowest BCUT2D eigenvalue weighted by Gasteiger charge is -2.37. The van der Waals surface area contributed by atoms with Crippen LogP contribution < -0.4 is 0 Å². The van der Waals surface area contributed by atoms with Crippen LogP contribution in [0.15, 0.2) is 0 Å². The fraction of sp³-hybridized carbons (Fsp3) is 0.875. The maximum Gasteiger partial charge on any atom is 0.211 e. The third kappa shape index (κ3) is 1.71. The van der Waals surface area contributed by atoms with Crippen molar-refractivity contribution < 1.29 is 9.90 Å². The Morgan fingerprint density at radius 2 is 1.91 bits per heavy atom. The van der Waals surface area contributed by atoms with E-state index < -0.39 is 5.72 Å². The van der Waals surface area contributed by atoms with Crippen LogP contribution in [0.3, 0.4) is 0 Å². The van der Waals surface area contributed by atoms with Gasteiger partial charge in [-0.3, -0.25) is 4.79 Å². The molecular formula is C8H15NO2. The first-order chi connectivity index (χ1) is 5.19. The van der Waals surface area contributed by atoms with Gasteiger partial charge in [0.05, 0.1) is 0 Å². The van der Waals surface area contributed by atoms with Crippen molar-refractivity contribution in [3.8, 4) is 0 Å². The molecule has 0 heterocycles. The van der Waals surface area contributed by atoms with Crippen LogP contribution in [-0.4, -0.2) is 29.2 Å². The number of hydrogen-bond donors (Lipinski definition) is 1. The predicted molar refractivity (Wildman–Crippen MR) is 41.9 cm³/mol. The molecule has 3 nitrogen and oxygen atoms in total. The summed E-state index contributed by atoms with van der Waals surface area (Å²) >= 11 is 0. The highest BCUT2D eigenvalue weighted by Crippen LogP contribution is 2.29. The molecule has 1 fully saturated rings. The Labute approximate surface area is 67.0 Å². The molecule has 0 aliphatic heterocycles. The highest BCUT2D eigenvalue weighted by molar-refractivity contribution is 5.47. The van der Waals surface area contributed by atoms with Crippen molar-refractivity contribution in [2.75, 3.05) is 7.05 Å². The summed E-state index contributed by atoms with van der Waals surface area (Å²) in [5, 5.41) is 9.83.